The maximum Gasteiger partial charge on any atom is 0.290 e. The van der Waals surface area contributed by atoms with Gasteiger partial charge in [-0.25, -0.2) is 15.0 Å². The van der Waals surface area contributed by atoms with Crippen molar-refractivity contribution < 1.29 is 14.6 Å². The molecule has 2 saturated heterocycles. The Kier molecular flexibility index (Phi) is 4.68. The topological polar surface area (TPSA) is 116 Å². The molecule has 0 aromatic carbocycles. The Balaban J connectivity index is 0.000000485. The van der Waals surface area contributed by atoms with Gasteiger partial charge in [0.1, 0.15) is 11.8 Å². The summed E-state index contributed by atoms with van der Waals surface area (Å²) < 4.78 is 5.74. The van der Waals surface area contributed by atoms with Crippen LogP contribution in [0.25, 0.3) is 11.2 Å². The predicted molar refractivity (Wildman–Crippen MR) is 83.2 cm³/mol. The van der Waals surface area contributed by atoms with Crippen LogP contribution in [0, 0.1) is 0 Å². The highest BCUT2D eigenvalue weighted by Crippen LogP contribution is 2.26. The van der Waals surface area contributed by atoms with E-state index in [1.165, 1.54) is 0 Å². The van der Waals surface area contributed by atoms with Crippen LogP contribution < -0.4 is 5.32 Å². The molecule has 0 saturated carbocycles. The van der Waals surface area contributed by atoms with E-state index in [0.717, 1.165) is 37.5 Å². The van der Waals surface area contributed by atoms with Crippen LogP contribution >= 0.6 is 0 Å². The van der Waals surface area contributed by atoms with E-state index in [2.05, 4.69) is 37.1 Å². The van der Waals surface area contributed by atoms with Crippen molar-refractivity contribution in [2.45, 2.75) is 31.5 Å². The van der Waals surface area contributed by atoms with Gasteiger partial charge in [0, 0.05) is 25.2 Å². The number of nitrogens with one attached hydrogen (secondary N) is 2. The summed E-state index contributed by atoms with van der Waals surface area (Å²) in [7, 11) is 0. The second-order valence-corrected chi connectivity index (χ2v) is 5.76. The Hall–Kier alpha value is -2.26. The van der Waals surface area contributed by atoms with Crippen LogP contribution in [0.1, 0.15) is 13.3 Å². The van der Waals surface area contributed by atoms with Crippen LogP contribution in [0.5, 0.6) is 0 Å². The molecule has 2 aliphatic heterocycles. The number of H-pyrrole nitrogens is 1. The molecule has 0 unspecified atom stereocenters. The monoisotopic (exact) mass is 320 g/mol. The number of rotatable bonds is 2. The molecule has 0 aliphatic carbocycles. The molecular weight excluding hydrogens is 300 g/mol. The number of hydrogen-bond donors (Lipinski definition) is 3. The van der Waals surface area contributed by atoms with E-state index < -0.39 is 0 Å². The van der Waals surface area contributed by atoms with Gasteiger partial charge in [-0.2, -0.15) is 0 Å². The van der Waals surface area contributed by atoms with Crippen LogP contribution in [0.4, 0.5) is 5.82 Å². The van der Waals surface area contributed by atoms with Gasteiger partial charge in [0.2, 0.25) is 0 Å². The van der Waals surface area contributed by atoms with Crippen molar-refractivity contribution in [2.24, 2.45) is 0 Å². The van der Waals surface area contributed by atoms with Gasteiger partial charge < -0.3 is 20.1 Å². The zero-order chi connectivity index (χ0) is 16.2. The fourth-order valence-corrected chi connectivity index (χ4v) is 3.21. The van der Waals surface area contributed by atoms with Gasteiger partial charge in [-0.05, 0) is 13.3 Å². The quantitative estimate of drug-likeness (QED) is 0.678. The third kappa shape index (κ3) is 3.40. The van der Waals surface area contributed by atoms with Gasteiger partial charge in [0.25, 0.3) is 6.47 Å². The van der Waals surface area contributed by atoms with Gasteiger partial charge in [0.15, 0.2) is 11.5 Å². The summed E-state index contributed by atoms with van der Waals surface area (Å²) in [5.41, 5.74) is 1.58. The maximum atomic E-state index is 8.36. The summed E-state index contributed by atoms with van der Waals surface area (Å²) in [6.45, 7) is 4.78. The average Bonchev–Trinajstić information content (AvgIpc) is 3.14. The Morgan fingerprint density at radius 1 is 1.43 bits per heavy atom. The average molecular weight is 320 g/mol. The second-order valence-electron chi connectivity index (χ2n) is 5.76. The van der Waals surface area contributed by atoms with E-state index in [1.807, 2.05) is 0 Å². The number of hydrogen-bond acceptors (Lipinski definition) is 7. The summed E-state index contributed by atoms with van der Waals surface area (Å²) >= 11 is 0. The van der Waals surface area contributed by atoms with Crippen LogP contribution in [-0.4, -0.2) is 74.3 Å². The molecule has 3 atom stereocenters. The number of morpholine rings is 1. The molecule has 0 radical (unpaired) electrons. The Morgan fingerprint density at radius 2 is 2.26 bits per heavy atom. The second kappa shape index (κ2) is 6.88. The molecule has 3 N–H and O–H groups in total. The summed E-state index contributed by atoms with van der Waals surface area (Å²) in [4.78, 5) is 26.6. The molecule has 2 aromatic rings. The molecule has 2 fully saturated rings. The Morgan fingerprint density at radius 3 is 3.09 bits per heavy atom. The number of carboxylic acid groups (broad SMARTS) is 1. The molecule has 23 heavy (non-hydrogen) atoms. The van der Waals surface area contributed by atoms with E-state index in [9.17, 15) is 0 Å². The lowest BCUT2D eigenvalue weighted by Gasteiger charge is -2.33. The van der Waals surface area contributed by atoms with Crippen LogP contribution in [-0.2, 0) is 9.53 Å². The minimum atomic E-state index is -0.250. The summed E-state index contributed by atoms with van der Waals surface area (Å²) in [5.74, 6) is 0.839. The maximum absolute atomic E-state index is 8.36. The minimum Gasteiger partial charge on any atom is -0.483 e. The molecule has 0 amide bonds. The molecule has 9 nitrogen and oxygen atoms in total. The molecule has 4 heterocycles. The number of carbonyl (C=O) groups is 1. The van der Waals surface area contributed by atoms with Crippen molar-refractivity contribution in [1.82, 2.24) is 24.8 Å². The lowest BCUT2D eigenvalue weighted by atomic mass is 10.1. The largest absolute Gasteiger partial charge is 0.483 e. The molecule has 2 aromatic heterocycles. The van der Waals surface area contributed by atoms with Gasteiger partial charge >= 0.3 is 0 Å². The minimum absolute atomic E-state index is 0.250. The standard InChI is InChI=1S/C13H18N6O.CH2O2/c1-8-3-19-4-9(2-10(19)5-20-8)18-13-11-12(15-6-14-11)16-7-17-13;2-1-3/h6-10H,2-5H2,1H3,(H2,14,15,16,17,18);1H,(H,2,3)/t8-,9-,10-;/m0./s1. The van der Waals surface area contributed by atoms with Gasteiger partial charge in [-0.3, -0.25) is 9.69 Å². The van der Waals surface area contributed by atoms with Crippen LogP contribution in [0.3, 0.4) is 0 Å². The Bertz CT molecular complexity index is 663. The molecule has 4 rings (SSSR count). The van der Waals surface area contributed by atoms with Crippen molar-refractivity contribution in [3.63, 3.8) is 0 Å². The fourth-order valence-electron chi connectivity index (χ4n) is 3.21. The molecule has 2 aliphatic rings. The number of aromatic amines is 1. The predicted octanol–water partition coefficient (Wildman–Crippen LogP) is 0.327. The first-order valence-electron chi connectivity index (χ1n) is 7.55. The first-order valence-corrected chi connectivity index (χ1v) is 7.55. The summed E-state index contributed by atoms with van der Waals surface area (Å²) in [6, 6.07) is 0.929. The number of ether oxygens (including phenoxy) is 1. The lowest BCUT2D eigenvalue weighted by molar-refractivity contribution is -0.122. The van der Waals surface area contributed by atoms with Crippen molar-refractivity contribution in [2.75, 3.05) is 25.0 Å². The first kappa shape index (κ1) is 15.6. The van der Waals surface area contributed by atoms with Crippen molar-refractivity contribution >= 4 is 23.5 Å². The lowest BCUT2D eigenvalue weighted by Crippen LogP contribution is -2.45. The van der Waals surface area contributed by atoms with Gasteiger partial charge in [-0.1, -0.05) is 0 Å². The van der Waals surface area contributed by atoms with E-state index in [4.69, 9.17) is 14.6 Å². The number of anilines is 1. The van der Waals surface area contributed by atoms with Crippen molar-refractivity contribution in [3.8, 4) is 0 Å². The normalized spacial score (nSPS) is 27.1. The SMILES string of the molecule is C[C@H]1CN2C[C@@H](Nc3ncnc4nc[nH]c34)C[C@H]2CO1.O=CO. The molecule has 0 spiro atoms. The zero-order valence-corrected chi connectivity index (χ0v) is 12.8. The smallest absolute Gasteiger partial charge is 0.290 e. The van der Waals surface area contributed by atoms with Gasteiger partial charge in [0.05, 0.1) is 19.0 Å². The van der Waals surface area contributed by atoms with E-state index in [1.54, 1.807) is 12.7 Å². The fraction of sp³-hybridized carbons (Fsp3) is 0.571. The first-order chi connectivity index (χ1) is 11.2. The van der Waals surface area contributed by atoms with Crippen LogP contribution in [0.2, 0.25) is 0 Å². The van der Waals surface area contributed by atoms with Crippen molar-refractivity contribution in [3.05, 3.63) is 12.7 Å². The molecular formula is C14H20N6O3. The third-order valence-electron chi connectivity index (χ3n) is 4.16. The summed E-state index contributed by atoms with van der Waals surface area (Å²) in [6.07, 6.45) is 4.63. The summed E-state index contributed by atoms with van der Waals surface area (Å²) in [5, 5.41) is 10.4. The molecule has 0 bridgehead atoms. The van der Waals surface area contributed by atoms with E-state index in [0.29, 0.717) is 23.8 Å². The third-order valence-corrected chi connectivity index (χ3v) is 4.16. The highest BCUT2D eigenvalue weighted by atomic mass is 16.5. The number of aromatic nitrogens is 4. The number of nitrogens with zero attached hydrogens (tertiary/aromatic N) is 4. The number of fused-ring (bicyclic) bond motifs is 2. The molecule has 9 heteroatoms. The number of imidazole rings is 1. The van der Waals surface area contributed by atoms with Crippen LogP contribution in [0.15, 0.2) is 12.7 Å². The molecule has 124 valence electrons. The van der Waals surface area contributed by atoms with E-state index in [-0.39, 0.29) is 6.47 Å². The van der Waals surface area contributed by atoms with E-state index >= 15 is 0 Å². The zero-order valence-electron chi connectivity index (χ0n) is 12.8. The highest BCUT2D eigenvalue weighted by molar-refractivity contribution is 5.82. The van der Waals surface area contributed by atoms with Gasteiger partial charge in [-0.15, -0.1) is 0 Å². The Labute approximate surface area is 133 Å². The van der Waals surface area contributed by atoms with Crippen molar-refractivity contribution in [1.29, 1.82) is 0 Å². The highest BCUT2D eigenvalue weighted by Gasteiger charge is 2.36.